The molecule has 0 bridgehead atoms. The van der Waals surface area contributed by atoms with Gasteiger partial charge in [0.05, 0.1) is 11.3 Å². The fourth-order valence-electron chi connectivity index (χ4n) is 1.64. The highest BCUT2D eigenvalue weighted by Crippen LogP contribution is 2.07. The average molecular weight is 275 g/mol. The lowest BCUT2D eigenvalue weighted by molar-refractivity contribution is -0.137. The Balaban J connectivity index is 2.53. The Kier molecular flexibility index (Phi) is 5.66. The summed E-state index contributed by atoms with van der Waals surface area (Å²) in [5.41, 5.74) is 1.21. The molecule has 1 unspecified atom stereocenters. The van der Waals surface area contributed by atoms with Crippen molar-refractivity contribution in [2.75, 3.05) is 6.54 Å². The van der Waals surface area contributed by atoms with Gasteiger partial charge < -0.3 is 10.4 Å². The Morgan fingerprint density at radius 1 is 1.50 bits per heavy atom. The molecule has 0 fully saturated rings. The van der Waals surface area contributed by atoms with Gasteiger partial charge >= 0.3 is 5.97 Å². The highest BCUT2D eigenvalue weighted by atomic mass is 16.4. The van der Waals surface area contributed by atoms with Gasteiger partial charge in [0.2, 0.25) is 0 Å². The third-order valence-electron chi connectivity index (χ3n) is 2.90. The average Bonchev–Trinajstić information content (AvgIpc) is 2.42. The largest absolute Gasteiger partial charge is 0.481 e. The number of nitrogens with one attached hydrogen (secondary N) is 1. The molecule has 106 valence electrons. The van der Waals surface area contributed by atoms with Crippen molar-refractivity contribution < 1.29 is 14.7 Å². The van der Waals surface area contributed by atoms with Crippen LogP contribution in [0, 0.1) is 24.2 Å². The number of hydrogen-bond donors (Lipinski definition) is 2. The summed E-state index contributed by atoms with van der Waals surface area (Å²) < 4.78 is 0. The Labute approximate surface area is 117 Å². The Morgan fingerprint density at radius 2 is 2.20 bits per heavy atom. The first-order chi connectivity index (χ1) is 9.43. The number of nitriles is 1. The zero-order chi connectivity index (χ0) is 15.1. The van der Waals surface area contributed by atoms with E-state index in [2.05, 4.69) is 10.3 Å². The molecule has 0 spiro atoms. The summed E-state index contributed by atoms with van der Waals surface area (Å²) in [7, 11) is 0. The van der Waals surface area contributed by atoms with Crippen LogP contribution in [0.5, 0.6) is 0 Å². The molecule has 20 heavy (non-hydrogen) atoms. The number of nitrogens with zero attached hydrogens (tertiary/aromatic N) is 2. The van der Waals surface area contributed by atoms with Crippen molar-refractivity contribution in [2.45, 2.75) is 26.7 Å². The minimum atomic E-state index is -0.840. The molecule has 0 saturated heterocycles. The van der Waals surface area contributed by atoms with Gasteiger partial charge in [0.25, 0.3) is 5.91 Å². The predicted molar refractivity (Wildman–Crippen MR) is 72.1 cm³/mol. The van der Waals surface area contributed by atoms with Crippen LogP contribution in [-0.2, 0) is 4.79 Å². The van der Waals surface area contributed by atoms with Gasteiger partial charge in [-0.2, -0.15) is 5.26 Å². The van der Waals surface area contributed by atoms with Crippen LogP contribution in [-0.4, -0.2) is 28.5 Å². The number of aliphatic carboxylic acids is 1. The summed E-state index contributed by atoms with van der Waals surface area (Å²) in [6.45, 7) is 3.94. The first-order valence-corrected chi connectivity index (χ1v) is 6.31. The first-order valence-electron chi connectivity index (χ1n) is 6.31. The number of rotatable bonds is 6. The second-order valence-electron chi connectivity index (χ2n) is 4.69. The van der Waals surface area contributed by atoms with Crippen molar-refractivity contribution >= 4 is 11.9 Å². The second kappa shape index (κ2) is 7.24. The smallest absolute Gasteiger partial charge is 0.303 e. The zero-order valence-electron chi connectivity index (χ0n) is 11.5. The number of carboxylic acid groups (broad SMARTS) is 1. The van der Waals surface area contributed by atoms with Crippen molar-refractivity contribution in [1.29, 1.82) is 5.26 Å². The molecule has 1 rings (SSSR count). The maximum atomic E-state index is 11.9. The van der Waals surface area contributed by atoms with E-state index in [4.69, 9.17) is 10.4 Å². The third-order valence-corrected chi connectivity index (χ3v) is 2.90. The molecule has 0 aromatic carbocycles. The summed E-state index contributed by atoms with van der Waals surface area (Å²) >= 11 is 0. The van der Waals surface area contributed by atoms with Crippen LogP contribution >= 0.6 is 0 Å². The summed E-state index contributed by atoms with van der Waals surface area (Å²) in [5, 5.41) is 20.1. The number of carbonyl (C=O) groups is 2. The topological polar surface area (TPSA) is 103 Å². The van der Waals surface area contributed by atoms with Crippen LogP contribution in [0.4, 0.5) is 0 Å². The van der Waals surface area contributed by atoms with E-state index in [1.54, 1.807) is 13.0 Å². The monoisotopic (exact) mass is 275 g/mol. The molecular formula is C14H17N3O3. The fourth-order valence-corrected chi connectivity index (χ4v) is 1.64. The Morgan fingerprint density at radius 3 is 2.75 bits per heavy atom. The Hall–Kier alpha value is -2.42. The van der Waals surface area contributed by atoms with Crippen molar-refractivity contribution in [3.05, 3.63) is 29.1 Å². The normalized spacial score (nSPS) is 11.4. The summed E-state index contributed by atoms with van der Waals surface area (Å²) in [5.74, 6) is -1.08. The lowest BCUT2D eigenvalue weighted by Gasteiger charge is -2.11. The van der Waals surface area contributed by atoms with E-state index in [0.29, 0.717) is 24.2 Å². The molecule has 1 amide bonds. The molecule has 6 nitrogen and oxygen atoms in total. The van der Waals surface area contributed by atoms with Crippen LogP contribution in [0.1, 0.15) is 41.5 Å². The molecule has 0 saturated carbocycles. The second-order valence-corrected chi connectivity index (χ2v) is 4.69. The maximum absolute atomic E-state index is 11.9. The number of carboxylic acids is 1. The highest BCUT2D eigenvalue weighted by molar-refractivity contribution is 5.92. The van der Waals surface area contributed by atoms with E-state index in [0.717, 1.165) is 0 Å². The van der Waals surface area contributed by atoms with Gasteiger partial charge in [-0.1, -0.05) is 6.92 Å². The van der Waals surface area contributed by atoms with Crippen molar-refractivity contribution in [3.63, 3.8) is 0 Å². The van der Waals surface area contributed by atoms with Crippen LogP contribution in [0.15, 0.2) is 12.1 Å². The van der Waals surface area contributed by atoms with Crippen molar-refractivity contribution in [2.24, 2.45) is 5.92 Å². The molecule has 2 N–H and O–H groups in total. The molecule has 1 atom stereocenters. The van der Waals surface area contributed by atoms with E-state index in [9.17, 15) is 9.59 Å². The minimum Gasteiger partial charge on any atom is -0.481 e. The summed E-state index contributed by atoms with van der Waals surface area (Å²) in [6.07, 6.45) is 0.598. The van der Waals surface area contributed by atoms with Crippen LogP contribution in [0.25, 0.3) is 0 Å². The number of aromatic nitrogens is 1. The third kappa shape index (κ3) is 4.69. The number of carbonyl (C=O) groups excluding carboxylic acids is 1. The van der Waals surface area contributed by atoms with Gasteiger partial charge in [0.15, 0.2) is 0 Å². The van der Waals surface area contributed by atoms with Gasteiger partial charge in [-0.25, -0.2) is 4.98 Å². The standard InChI is InChI=1S/C14H17N3O3/c1-9(3-6-13(18)19)8-16-14(20)12-5-4-11(7-15)10(2)17-12/h4-5,9H,3,6,8H2,1-2H3,(H,16,20)(H,18,19). The lowest BCUT2D eigenvalue weighted by Crippen LogP contribution is -2.29. The number of aryl methyl sites for hydroxylation is 1. The highest BCUT2D eigenvalue weighted by Gasteiger charge is 2.11. The number of pyridine rings is 1. The fraction of sp³-hybridized carbons (Fsp3) is 0.429. The van der Waals surface area contributed by atoms with Crippen molar-refractivity contribution in [1.82, 2.24) is 10.3 Å². The van der Waals surface area contributed by atoms with E-state index >= 15 is 0 Å². The van der Waals surface area contributed by atoms with Crippen molar-refractivity contribution in [3.8, 4) is 6.07 Å². The van der Waals surface area contributed by atoms with Gasteiger partial charge in [-0.3, -0.25) is 9.59 Å². The predicted octanol–water partition coefficient (Wildman–Crippen LogP) is 1.49. The first kappa shape index (κ1) is 15.6. The summed E-state index contributed by atoms with van der Waals surface area (Å²) in [6, 6.07) is 5.05. The van der Waals surface area contributed by atoms with Crippen LogP contribution in [0.2, 0.25) is 0 Å². The molecule has 6 heteroatoms. The molecule has 1 aromatic heterocycles. The van der Waals surface area contributed by atoms with E-state index < -0.39 is 5.97 Å². The SMILES string of the molecule is Cc1nc(C(=O)NCC(C)CCC(=O)O)ccc1C#N. The zero-order valence-corrected chi connectivity index (χ0v) is 11.5. The lowest BCUT2D eigenvalue weighted by atomic mass is 10.1. The van der Waals surface area contributed by atoms with Gasteiger partial charge in [-0.15, -0.1) is 0 Å². The minimum absolute atomic E-state index is 0.0783. The van der Waals surface area contributed by atoms with Gasteiger partial charge in [0.1, 0.15) is 11.8 Å². The molecule has 0 aliphatic heterocycles. The molecule has 1 aromatic rings. The number of hydrogen-bond acceptors (Lipinski definition) is 4. The van der Waals surface area contributed by atoms with Crippen LogP contribution < -0.4 is 5.32 Å². The van der Waals surface area contributed by atoms with Crippen LogP contribution in [0.3, 0.4) is 0 Å². The molecular weight excluding hydrogens is 258 g/mol. The summed E-state index contributed by atoms with van der Waals surface area (Å²) in [4.78, 5) is 26.4. The van der Waals surface area contributed by atoms with E-state index in [1.165, 1.54) is 6.07 Å². The molecule has 0 aliphatic rings. The molecule has 1 heterocycles. The molecule has 0 radical (unpaired) electrons. The van der Waals surface area contributed by atoms with E-state index in [1.807, 2.05) is 13.0 Å². The maximum Gasteiger partial charge on any atom is 0.303 e. The quantitative estimate of drug-likeness (QED) is 0.818. The van der Waals surface area contributed by atoms with E-state index in [-0.39, 0.29) is 23.9 Å². The molecule has 0 aliphatic carbocycles. The Bertz CT molecular complexity index is 549. The van der Waals surface area contributed by atoms with Gasteiger partial charge in [-0.05, 0) is 31.4 Å². The number of amides is 1. The van der Waals surface area contributed by atoms with Gasteiger partial charge in [0, 0.05) is 13.0 Å².